The molecule has 47 heavy (non-hydrogen) atoms. The van der Waals surface area contributed by atoms with E-state index < -0.39 is 34.1 Å². The molecular weight excluding hydrogens is 659 g/mol. The van der Waals surface area contributed by atoms with Gasteiger partial charge in [0.05, 0.1) is 21.2 Å². The van der Waals surface area contributed by atoms with Crippen LogP contribution in [0.15, 0.2) is 105 Å². The number of hydrogen-bond acceptors (Lipinski definition) is 10. The van der Waals surface area contributed by atoms with Gasteiger partial charge in [-0.15, -0.1) is 0 Å². The van der Waals surface area contributed by atoms with Gasteiger partial charge in [0.1, 0.15) is 11.5 Å². The Bertz CT molecular complexity index is 1960. The SMILES string of the molecule is C/C(=N\Nc1nc2ccccc2s1)c1ccc(-c2cccc(S(=O)(=O)NC(=O)C(N)CCc3ccccc3)c2)o1.O=C(O)C(F)(F)F. The first kappa shape index (κ1) is 34.8. The first-order valence-corrected chi connectivity index (χ1v) is 16.1. The molecule has 1 atom stereocenters. The number of benzene rings is 3. The summed E-state index contributed by atoms with van der Waals surface area (Å²) in [7, 11) is -4.14. The Morgan fingerprint density at radius 1 is 1.02 bits per heavy atom. The van der Waals surface area contributed by atoms with E-state index >= 15 is 0 Å². The second-order valence-corrected chi connectivity index (χ2v) is 12.6. The zero-order chi connectivity index (χ0) is 34.2. The molecule has 3 aromatic carbocycles. The zero-order valence-corrected chi connectivity index (χ0v) is 26.2. The molecular formula is C31H28F3N5O6S2. The molecule has 11 nitrogen and oxygen atoms in total. The van der Waals surface area contributed by atoms with Crippen LogP contribution in [0.5, 0.6) is 0 Å². The Morgan fingerprint density at radius 3 is 2.38 bits per heavy atom. The molecule has 0 saturated heterocycles. The Balaban J connectivity index is 0.000000644. The summed E-state index contributed by atoms with van der Waals surface area (Å²) in [5.41, 5.74) is 12.0. The number of carboxylic acids is 1. The minimum atomic E-state index is -5.08. The largest absolute Gasteiger partial charge is 0.490 e. The third-order valence-corrected chi connectivity index (χ3v) is 8.69. The number of halogens is 3. The molecule has 0 radical (unpaired) electrons. The van der Waals surface area contributed by atoms with Gasteiger partial charge in [-0.25, -0.2) is 22.9 Å². The highest BCUT2D eigenvalue weighted by Gasteiger charge is 2.38. The molecule has 1 unspecified atom stereocenters. The molecule has 5 N–H and O–H groups in total. The average Bonchev–Trinajstić information content (AvgIpc) is 3.70. The van der Waals surface area contributed by atoms with E-state index in [2.05, 4.69) is 20.2 Å². The normalized spacial score (nSPS) is 12.6. The van der Waals surface area contributed by atoms with Crippen molar-refractivity contribution in [1.82, 2.24) is 9.71 Å². The number of carboxylic acid groups (broad SMARTS) is 1. The van der Waals surface area contributed by atoms with E-state index in [-0.39, 0.29) is 4.90 Å². The molecule has 246 valence electrons. The minimum Gasteiger partial charge on any atom is -0.475 e. The first-order chi connectivity index (χ1) is 22.2. The summed E-state index contributed by atoms with van der Waals surface area (Å²) in [4.78, 5) is 25.9. The molecule has 0 fully saturated rings. The minimum absolute atomic E-state index is 0.0746. The fourth-order valence-corrected chi connectivity index (χ4v) is 5.86. The van der Waals surface area contributed by atoms with E-state index in [1.807, 2.05) is 54.6 Å². The number of nitrogens with zero attached hydrogens (tertiary/aromatic N) is 2. The number of sulfonamides is 1. The summed E-state index contributed by atoms with van der Waals surface area (Å²) in [6.45, 7) is 1.79. The molecule has 1 amide bonds. The number of carbonyl (C=O) groups excluding carboxylic acids is 1. The molecule has 5 aromatic rings. The van der Waals surface area contributed by atoms with Gasteiger partial charge >= 0.3 is 12.1 Å². The number of fused-ring (bicyclic) bond motifs is 1. The number of aromatic nitrogens is 1. The fraction of sp³-hybridized carbons (Fsp3) is 0.161. The van der Waals surface area contributed by atoms with Gasteiger partial charge in [-0.1, -0.05) is 65.9 Å². The molecule has 0 aliphatic carbocycles. The van der Waals surface area contributed by atoms with Gasteiger partial charge in [-0.3, -0.25) is 10.2 Å². The molecule has 0 saturated carbocycles. The number of rotatable bonds is 10. The third kappa shape index (κ3) is 9.71. The number of anilines is 1. The van der Waals surface area contributed by atoms with Crippen LogP contribution in [0, 0.1) is 0 Å². The summed E-state index contributed by atoms with van der Waals surface area (Å²) in [5.74, 6) is -2.55. The predicted octanol–water partition coefficient (Wildman–Crippen LogP) is 5.79. The van der Waals surface area contributed by atoms with Crippen LogP contribution in [0.25, 0.3) is 21.5 Å². The van der Waals surface area contributed by atoms with E-state index in [9.17, 15) is 26.4 Å². The molecule has 0 bridgehead atoms. The Labute approximate surface area is 271 Å². The van der Waals surface area contributed by atoms with Crippen molar-refractivity contribution in [3.8, 4) is 11.3 Å². The van der Waals surface area contributed by atoms with E-state index in [1.165, 1.54) is 23.5 Å². The van der Waals surface area contributed by atoms with Gasteiger partial charge in [0.25, 0.3) is 15.9 Å². The Kier molecular flexibility index (Phi) is 11.1. The van der Waals surface area contributed by atoms with Crippen LogP contribution in [0.3, 0.4) is 0 Å². The highest BCUT2D eigenvalue weighted by atomic mass is 32.2. The standard InChI is InChI=1S/C29H27N5O4S2.C2HF3O2/c1-19(32-33-29-31-24-12-5-6-13-27(24)39-29)25-16-17-26(38-25)21-10-7-11-22(18-21)40(36,37)34-28(35)23(30)15-14-20-8-3-2-4-9-20;3-2(4,5)1(6)7/h2-13,16-18,23H,14-15,30H2,1H3,(H,31,33)(H,34,35);(H,6,7)/b32-19+;. The van der Waals surface area contributed by atoms with Crippen LogP contribution < -0.4 is 15.9 Å². The molecule has 2 heterocycles. The highest BCUT2D eigenvalue weighted by molar-refractivity contribution is 7.90. The van der Waals surface area contributed by atoms with Crippen molar-refractivity contribution in [3.05, 3.63) is 102 Å². The Hall–Kier alpha value is -5.06. The number of thiazole rings is 1. The van der Waals surface area contributed by atoms with Crippen LogP contribution in [-0.4, -0.2) is 48.3 Å². The topological polar surface area (TPSA) is 177 Å². The lowest BCUT2D eigenvalue weighted by Crippen LogP contribution is -2.43. The third-order valence-electron chi connectivity index (χ3n) is 6.41. The van der Waals surface area contributed by atoms with E-state index in [0.29, 0.717) is 40.8 Å². The van der Waals surface area contributed by atoms with Crippen molar-refractivity contribution in [2.75, 3.05) is 5.43 Å². The fourth-order valence-electron chi connectivity index (χ4n) is 3.98. The number of nitrogens with one attached hydrogen (secondary N) is 2. The Morgan fingerprint density at radius 2 is 1.70 bits per heavy atom. The van der Waals surface area contributed by atoms with Crippen molar-refractivity contribution in [2.45, 2.75) is 36.9 Å². The first-order valence-electron chi connectivity index (χ1n) is 13.8. The van der Waals surface area contributed by atoms with Crippen LogP contribution in [0.4, 0.5) is 18.3 Å². The van der Waals surface area contributed by atoms with Crippen LogP contribution >= 0.6 is 11.3 Å². The van der Waals surface area contributed by atoms with Crippen molar-refractivity contribution in [3.63, 3.8) is 0 Å². The maximum Gasteiger partial charge on any atom is 0.490 e. The van der Waals surface area contributed by atoms with Crippen molar-refractivity contribution >= 4 is 54.3 Å². The maximum atomic E-state index is 13.0. The number of furan rings is 1. The summed E-state index contributed by atoms with van der Waals surface area (Å²) in [6.07, 6.45) is -4.21. The van der Waals surface area contributed by atoms with E-state index in [0.717, 1.165) is 15.8 Å². The van der Waals surface area contributed by atoms with Crippen LogP contribution in [-0.2, 0) is 26.0 Å². The molecule has 0 spiro atoms. The van der Waals surface area contributed by atoms with Gasteiger partial charge in [0.2, 0.25) is 5.13 Å². The maximum absolute atomic E-state index is 13.0. The van der Waals surface area contributed by atoms with Gasteiger partial charge in [-0.05, 0) is 61.7 Å². The number of nitrogens with two attached hydrogens (primary N) is 1. The van der Waals surface area contributed by atoms with Gasteiger partial charge in [0, 0.05) is 5.56 Å². The molecule has 5 rings (SSSR count). The number of alkyl halides is 3. The second-order valence-electron chi connectivity index (χ2n) is 9.89. The predicted molar refractivity (Wildman–Crippen MR) is 171 cm³/mol. The molecule has 2 aromatic heterocycles. The highest BCUT2D eigenvalue weighted by Crippen LogP contribution is 2.27. The van der Waals surface area contributed by atoms with Crippen molar-refractivity contribution in [1.29, 1.82) is 0 Å². The van der Waals surface area contributed by atoms with E-state index in [1.54, 1.807) is 31.2 Å². The smallest absolute Gasteiger partial charge is 0.475 e. The molecule has 0 aliphatic rings. The lowest BCUT2D eigenvalue weighted by atomic mass is 10.1. The lowest BCUT2D eigenvalue weighted by molar-refractivity contribution is -0.192. The van der Waals surface area contributed by atoms with Crippen LogP contribution in [0.2, 0.25) is 0 Å². The van der Waals surface area contributed by atoms with Crippen molar-refractivity contribution < 1.29 is 40.7 Å². The number of aliphatic carboxylic acids is 1. The molecule has 16 heteroatoms. The lowest BCUT2D eigenvalue weighted by Gasteiger charge is -2.13. The number of hydrazone groups is 1. The number of hydrogen-bond donors (Lipinski definition) is 4. The summed E-state index contributed by atoms with van der Waals surface area (Å²) in [5, 5.41) is 12.2. The van der Waals surface area contributed by atoms with Crippen LogP contribution in [0.1, 0.15) is 24.7 Å². The number of aryl methyl sites for hydroxylation is 1. The monoisotopic (exact) mass is 687 g/mol. The number of carbonyl (C=O) groups is 2. The second kappa shape index (κ2) is 15.0. The van der Waals surface area contributed by atoms with Gasteiger partial charge in [0.15, 0.2) is 5.76 Å². The number of amides is 1. The van der Waals surface area contributed by atoms with Gasteiger partial charge in [-0.2, -0.15) is 18.3 Å². The van der Waals surface area contributed by atoms with Crippen molar-refractivity contribution in [2.24, 2.45) is 10.8 Å². The summed E-state index contributed by atoms with van der Waals surface area (Å²) in [6, 6.07) is 26.1. The summed E-state index contributed by atoms with van der Waals surface area (Å²) < 4.78 is 66.7. The zero-order valence-electron chi connectivity index (χ0n) is 24.6. The average molecular weight is 688 g/mol. The van der Waals surface area contributed by atoms with Gasteiger partial charge < -0.3 is 15.3 Å². The quantitative estimate of drug-likeness (QED) is 0.105. The summed E-state index contributed by atoms with van der Waals surface area (Å²) >= 11 is 1.49. The molecule has 0 aliphatic heterocycles. The van der Waals surface area contributed by atoms with E-state index in [4.69, 9.17) is 20.1 Å². The number of para-hydroxylation sites is 1.